The molecule has 0 unspecified atom stereocenters. The van der Waals surface area contributed by atoms with Crippen LogP contribution < -0.4 is 0 Å². The van der Waals surface area contributed by atoms with E-state index < -0.39 is 0 Å². The maximum atomic E-state index is 13.1. The predicted octanol–water partition coefficient (Wildman–Crippen LogP) is 2.65. The lowest BCUT2D eigenvalue weighted by Crippen LogP contribution is -2.41. The average molecular weight is 385 g/mol. The highest BCUT2D eigenvalue weighted by Crippen LogP contribution is 2.23. The summed E-state index contributed by atoms with van der Waals surface area (Å²) >= 11 is 0. The van der Waals surface area contributed by atoms with E-state index in [9.17, 15) is 14.0 Å². The Morgan fingerprint density at radius 2 is 1.89 bits per heavy atom. The number of aromatic amines is 1. The number of hydrogen-bond acceptors (Lipinski definition) is 4. The Balaban J connectivity index is 1.36. The fourth-order valence-electron chi connectivity index (χ4n) is 3.79. The maximum Gasteiger partial charge on any atom is 0.270 e. The molecule has 2 fully saturated rings. The van der Waals surface area contributed by atoms with Crippen LogP contribution >= 0.6 is 0 Å². The first kappa shape index (κ1) is 18.8. The highest BCUT2D eigenvalue weighted by atomic mass is 19.1. The van der Waals surface area contributed by atoms with Gasteiger partial charge in [0.1, 0.15) is 11.5 Å². The molecule has 0 radical (unpaired) electrons. The van der Waals surface area contributed by atoms with E-state index in [1.165, 1.54) is 12.1 Å². The molecule has 148 valence electrons. The van der Waals surface area contributed by atoms with Crippen LogP contribution in [0.5, 0.6) is 0 Å². The lowest BCUT2D eigenvalue weighted by molar-refractivity contribution is -0.0275. The number of carbonyl (C=O) groups excluding carboxylic acids is 2. The van der Waals surface area contributed by atoms with Crippen LogP contribution in [0.4, 0.5) is 4.39 Å². The van der Waals surface area contributed by atoms with Crippen LogP contribution in [0, 0.1) is 5.82 Å². The van der Waals surface area contributed by atoms with E-state index in [1.54, 1.807) is 24.4 Å². The van der Waals surface area contributed by atoms with E-state index in [4.69, 9.17) is 4.74 Å². The molecule has 2 aromatic rings. The summed E-state index contributed by atoms with van der Waals surface area (Å²) in [5, 5.41) is 0. The Labute approximate surface area is 163 Å². The number of amides is 1. The number of aromatic nitrogens is 1. The van der Waals surface area contributed by atoms with Gasteiger partial charge in [0.05, 0.1) is 19.3 Å². The fraction of sp³-hybridized carbons (Fsp3) is 0.429. The van der Waals surface area contributed by atoms with Crippen molar-refractivity contribution >= 4 is 11.7 Å². The molecule has 1 aromatic heterocycles. The summed E-state index contributed by atoms with van der Waals surface area (Å²) in [5.74, 6) is -0.353. The average Bonchev–Trinajstić information content (AvgIpc) is 3.41. The molecule has 0 bridgehead atoms. The van der Waals surface area contributed by atoms with Crippen LogP contribution in [0.25, 0.3) is 0 Å². The van der Waals surface area contributed by atoms with Gasteiger partial charge in [-0.25, -0.2) is 4.39 Å². The molecule has 0 saturated carbocycles. The normalized spacial score (nSPS) is 20.5. The summed E-state index contributed by atoms with van der Waals surface area (Å²) in [5.41, 5.74) is 1.89. The van der Waals surface area contributed by atoms with Crippen LogP contribution in [-0.4, -0.2) is 65.8 Å². The van der Waals surface area contributed by atoms with Crippen LogP contribution in [0.1, 0.15) is 45.4 Å². The second-order valence-corrected chi connectivity index (χ2v) is 7.37. The quantitative estimate of drug-likeness (QED) is 0.804. The lowest BCUT2D eigenvalue weighted by atomic mass is 10.1. The Morgan fingerprint density at radius 3 is 2.64 bits per heavy atom. The highest BCUT2D eigenvalue weighted by molar-refractivity contribution is 6.01. The Morgan fingerprint density at radius 1 is 1.14 bits per heavy atom. The summed E-state index contributed by atoms with van der Waals surface area (Å²) in [7, 11) is 0. The monoisotopic (exact) mass is 385 g/mol. The van der Waals surface area contributed by atoms with Gasteiger partial charge in [0.25, 0.3) is 5.91 Å². The molecule has 2 aliphatic rings. The number of ether oxygens (including phenoxy) is 1. The number of halogens is 1. The molecule has 1 N–H and O–H groups in total. The van der Waals surface area contributed by atoms with Crippen LogP contribution in [0.3, 0.4) is 0 Å². The minimum absolute atomic E-state index is 0.0310. The topological polar surface area (TPSA) is 65.6 Å². The minimum Gasteiger partial charge on any atom is -0.371 e. The number of Topliss-reactive ketones (excluding diaryl/α,β-unsaturated/α-hetero) is 1. The lowest BCUT2D eigenvalue weighted by Gasteiger charge is -2.32. The molecule has 3 heterocycles. The summed E-state index contributed by atoms with van der Waals surface area (Å²) in [4.78, 5) is 31.9. The summed E-state index contributed by atoms with van der Waals surface area (Å²) in [6.45, 7) is 3.56. The molecule has 28 heavy (non-hydrogen) atoms. The zero-order chi connectivity index (χ0) is 19.5. The van der Waals surface area contributed by atoms with Crippen molar-refractivity contribution in [3.63, 3.8) is 0 Å². The van der Waals surface area contributed by atoms with Crippen molar-refractivity contribution in [2.75, 3.05) is 39.3 Å². The molecule has 1 atom stereocenters. The van der Waals surface area contributed by atoms with Crippen molar-refractivity contribution in [2.45, 2.75) is 18.9 Å². The third kappa shape index (κ3) is 4.15. The number of benzene rings is 1. The fourth-order valence-corrected chi connectivity index (χ4v) is 3.79. The van der Waals surface area contributed by atoms with Crippen LogP contribution in [0.15, 0.2) is 36.5 Å². The highest BCUT2D eigenvalue weighted by Gasteiger charge is 2.25. The number of H-pyrrole nitrogens is 1. The van der Waals surface area contributed by atoms with E-state index in [2.05, 4.69) is 4.98 Å². The molecule has 2 aliphatic heterocycles. The van der Waals surface area contributed by atoms with Gasteiger partial charge in [-0.3, -0.25) is 14.5 Å². The molecule has 0 aliphatic carbocycles. The largest absolute Gasteiger partial charge is 0.371 e. The number of likely N-dealkylation sites (tertiary alicyclic amines) is 1. The van der Waals surface area contributed by atoms with Gasteiger partial charge in [-0.15, -0.1) is 0 Å². The molecule has 1 amide bonds. The van der Waals surface area contributed by atoms with Crippen molar-refractivity contribution < 1.29 is 18.7 Å². The number of morpholine rings is 1. The number of nitrogens with one attached hydrogen (secondary N) is 1. The van der Waals surface area contributed by atoms with Gasteiger partial charge in [0.15, 0.2) is 5.78 Å². The number of carbonyl (C=O) groups is 2. The van der Waals surface area contributed by atoms with Crippen molar-refractivity contribution in [3.05, 3.63) is 59.2 Å². The van der Waals surface area contributed by atoms with Gasteiger partial charge < -0.3 is 14.6 Å². The van der Waals surface area contributed by atoms with E-state index >= 15 is 0 Å². The van der Waals surface area contributed by atoms with Gasteiger partial charge in [0, 0.05) is 37.9 Å². The molecule has 7 heteroatoms. The van der Waals surface area contributed by atoms with Crippen molar-refractivity contribution in [2.24, 2.45) is 0 Å². The van der Waals surface area contributed by atoms with Crippen molar-refractivity contribution in [1.29, 1.82) is 0 Å². The van der Waals surface area contributed by atoms with E-state index in [1.807, 2.05) is 9.80 Å². The van der Waals surface area contributed by atoms with Gasteiger partial charge in [-0.05, 0) is 36.6 Å². The molecule has 6 nitrogen and oxygen atoms in total. The molecular formula is C21H24FN3O3. The minimum atomic E-state index is -0.279. The van der Waals surface area contributed by atoms with Gasteiger partial charge in [-0.2, -0.15) is 0 Å². The molecule has 1 aromatic carbocycles. The number of ketones is 1. The van der Waals surface area contributed by atoms with Gasteiger partial charge >= 0.3 is 0 Å². The molecule has 0 spiro atoms. The molecule has 4 rings (SSSR count). The van der Waals surface area contributed by atoms with Crippen LogP contribution in [-0.2, 0) is 4.74 Å². The first-order chi connectivity index (χ1) is 13.6. The number of nitrogens with zero attached hydrogens (tertiary/aromatic N) is 2. The van der Waals surface area contributed by atoms with Gasteiger partial charge in [-0.1, -0.05) is 12.1 Å². The molecule has 2 saturated heterocycles. The standard InChI is InChI=1S/C21H24FN3O3/c22-17-5-3-15(4-6-17)20-14-24(9-10-28-20)13-19(26)16-11-18(23-12-16)21(27)25-7-1-2-8-25/h3-6,11-12,20,23H,1-2,7-10,13-14H2/t20-/m1/s1. The first-order valence-electron chi connectivity index (χ1n) is 9.70. The first-order valence-corrected chi connectivity index (χ1v) is 9.70. The Bertz CT molecular complexity index is 843. The molecular weight excluding hydrogens is 361 g/mol. The third-order valence-electron chi connectivity index (χ3n) is 5.39. The predicted molar refractivity (Wildman–Crippen MR) is 102 cm³/mol. The SMILES string of the molecule is O=C(CN1CCO[C@@H](c2ccc(F)cc2)C1)c1c[nH]c(C(=O)N2CCCC2)c1. The maximum absolute atomic E-state index is 13.1. The zero-order valence-electron chi connectivity index (χ0n) is 15.7. The van der Waals surface area contributed by atoms with E-state index in [0.29, 0.717) is 31.0 Å². The second-order valence-electron chi connectivity index (χ2n) is 7.37. The Hall–Kier alpha value is -2.51. The Kier molecular flexibility index (Phi) is 5.54. The second kappa shape index (κ2) is 8.24. The zero-order valence-corrected chi connectivity index (χ0v) is 15.7. The summed E-state index contributed by atoms with van der Waals surface area (Å²) in [6.07, 6.45) is 3.50. The third-order valence-corrected chi connectivity index (χ3v) is 5.39. The van der Waals surface area contributed by atoms with Gasteiger partial charge in [0.2, 0.25) is 0 Å². The van der Waals surface area contributed by atoms with E-state index in [0.717, 1.165) is 31.5 Å². The van der Waals surface area contributed by atoms with Crippen molar-refractivity contribution in [3.8, 4) is 0 Å². The smallest absolute Gasteiger partial charge is 0.270 e. The van der Waals surface area contributed by atoms with Crippen LogP contribution in [0.2, 0.25) is 0 Å². The van der Waals surface area contributed by atoms with E-state index in [-0.39, 0.29) is 30.2 Å². The summed E-state index contributed by atoms with van der Waals surface area (Å²) in [6, 6.07) is 7.92. The summed E-state index contributed by atoms with van der Waals surface area (Å²) < 4.78 is 18.9. The number of hydrogen-bond donors (Lipinski definition) is 1. The van der Waals surface area contributed by atoms with Crippen molar-refractivity contribution in [1.82, 2.24) is 14.8 Å². The number of rotatable bonds is 5.